The van der Waals surface area contributed by atoms with Crippen LogP contribution in [0.1, 0.15) is 17.6 Å². The lowest BCUT2D eigenvalue weighted by Gasteiger charge is -2.18. The van der Waals surface area contributed by atoms with E-state index in [1.807, 2.05) is 0 Å². The predicted octanol–water partition coefficient (Wildman–Crippen LogP) is 0.121. The monoisotopic (exact) mass is 345 g/mol. The van der Waals surface area contributed by atoms with Crippen LogP contribution in [0.15, 0.2) is 16.5 Å². The van der Waals surface area contributed by atoms with E-state index in [9.17, 15) is 27.9 Å². The standard InChI is InChI=1S/C12H15N3O7S/c1-7-3-4-8(22-7)9(10(16)17)13-11(18)14-5-6-15(12(14)19)23(2,20)21/h3-4,9H,5-6H2,1-2H3,(H,13,18)(H,16,17). The maximum absolute atomic E-state index is 12.1. The summed E-state index contributed by atoms with van der Waals surface area (Å²) in [6, 6.07) is -0.601. The molecule has 10 nitrogen and oxygen atoms in total. The topological polar surface area (TPSA) is 137 Å². The highest BCUT2D eigenvalue weighted by Crippen LogP contribution is 2.18. The summed E-state index contributed by atoms with van der Waals surface area (Å²) in [5.41, 5.74) is 0. The molecule has 0 aliphatic carbocycles. The van der Waals surface area contributed by atoms with Crippen LogP contribution in [0.25, 0.3) is 0 Å². The van der Waals surface area contributed by atoms with Crippen LogP contribution in [0.2, 0.25) is 0 Å². The van der Waals surface area contributed by atoms with Crippen molar-refractivity contribution in [3.63, 3.8) is 0 Å². The first-order valence-corrected chi connectivity index (χ1v) is 8.35. The number of carbonyl (C=O) groups is 3. The fraction of sp³-hybridized carbons (Fsp3) is 0.417. The first kappa shape index (κ1) is 16.8. The molecule has 2 heterocycles. The molecule has 23 heavy (non-hydrogen) atoms. The molecule has 0 spiro atoms. The Bertz CT molecular complexity index is 754. The number of hydrogen-bond acceptors (Lipinski definition) is 6. The van der Waals surface area contributed by atoms with E-state index in [-0.39, 0.29) is 18.8 Å². The Morgan fingerprint density at radius 3 is 2.43 bits per heavy atom. The lowest BCUT2D eigenvalue weighted by Crippen LogP contribution is -2.46. The SMILES string of the molecule is Cc1ccc(C(NC(=O)N2CCN(S(C)(=O)=O)C2=O)C(=O)O)o1. The van der Waals surface area contributed by atoms with Crippen LogP contribution in [0.4, 0.5) is 9.59 Å². The molecule has 2 rings (SSSR count). The molecule has 2 N–H and O–H groups in total. The first-order valence-electron chi connectivity index (χ1n) is 6.50. The van der Waals surface area contributed by atoms with Gasteiger partial charge in [-0.05, 0) is 19.1 Å². The zero-order chi connectivity index (χ0) is 17.4. The van der Waals surface area contributed by atoms with E-state index in [2.05, 4.69) is 5.32 Å². The lowest BCUT2D eigenvalue weighted by atomic mass is 10.2. The Hall–Kier alpha value is -2.56. The average Bonchev–Trinajstić information content (AvgIpc) is 3.00. The third-order valence-electron chi connectivity index (χ3n) is 3.18. The van der Waals surface area contributed by atoms with Crippen molar-refractivity contribution in [2.75, 3.05) is 19.3 Å². The minimum absolute atomic E-state index is 0.00466. The van der Waals surface area contributed by atoms with Crippen molar-refractivity contribution >= 4 is 28.1 Å². The molecule has 1 saturated heterocycles. The van der Waals surface area contributed by atoms with Crippen molar-refractivity contribution in [3.05, 3.63) is 23.7 Å². The van der Waals surface area contributed by atoms with Gasteiger partial charge in [-0.25, -0.2) is 32.0 Å². The molecular weight excluding hydrogens is 330 g/mol. The van der Waals surface area contributed by atoms with Gasteiger partial charge < -0.3 is 14.8 Å². The highest BCUT2D eigenvalue weighted by Gasteiger charge is 2.39. The van der Waals surface area contributed by atoms with Gasteiger partial charge in [-0.1, -0.05) is 0 Å². The number of imide groups is 1. The van der Waals surface area contributed by atoms with E-state index < -0.39 is 34.1 Å². The van der Waals surface area contributed by atoms with E-state index in [0.29, 0.717) is 15.0 Å². The highest BCUT2D eigenvalue weighted by molar-refractivity contribution is 7.88. The molecule has 1 fully saturated rings. The van der Waals surface area contributed by atoms with Gasteiger partial charge in [0.2, 0.25) is 10.0 Å². The third-order valence-corrected chi connectivity index (χ3v) is 4.32. The molecule has 1 aromatic rings. The van der Waals surface area contributed by atoms with Gasteiger partial charge in [-0.15, -0.1) is 0 Å². The first-order chi connectivity index (χ1) is 10.6. The van der Waals surface area contributed by atoms with Crippen LogP contribution >= 0.6 is 0 Å². The number of nitrogens with one attached hydrogen (secondary N) is 1. The fourth-order valence-corrected chi connectivity index (χ4v) is 2.87. The average molecular weight is 345 g/mol. The Kier molecular flexibility index (Phi) is 4.32. The molecule has 126 valence electrons. The number of aryl methyl sites for hydroxylation is 1. The molecule has 1 atom stereocenters. The van der Waals surface area contributed by atoms with Crippen LogP contribution in [0.5, 0.6) is 0 Å². The number of carboxylic acid groups (broad SMARTS) is 1. The summed E-state index contributed by atoms with van der Waals surface area (Å²) in [7, 11) is -3.78. The predicted molar refractivity (Wildman–Crippen MR) is 76.0 cm³/mol. The molecule has 1 aromatic heterocycles. The molecular formula is C12H15N3O7S. The smallest absolute Gasteiger partial charge is 0.341 e. The Balaban J connectivity index is 2.14. The lowest BCUT2D eigenvalue weighted by molar-refractivity contribution is -0.139. The van der Waals surface area contributed by atoms with Crippen LogP contribution in [0, 0.1) is 6.92 Å². The summed E-state index contributed by atoms with van der Waals surface area (Å²) >= 11 is 0. The number of rotatable bonds is 4. The summed E-state index contributed by atoms with van der Waals surface area (Å²) < 4.78 is 28.5. The molecule has 0 radical (unpaired) electrons. The third kappa shape index (κ3) is 3.44. The molecule has 4 amide bonds. The number of aliphatic carboxylic acids is 1. The molecule has 1 unspecified atom stereocenters. The van der Waals surface area contributed by atoms with Crippen LogP contribution < -0.4 is 5.32 Å². The Morgan fingerprint density at radius 2 is 2.00 bits per heavy atom. The van der Waals surface area contributed by atoms with Gasteiger partial charge in [0.1, 0.15) is 11.5 Å². The second kappa shape index (κ2) is 5.91. The van der Waals surface area contributed by atoms with Crippen LogP contribution in [-0.4, -0.2) is 60.1 Å². The minimum Gasteiger partial charge on any atom is -0.479 e. The minimum atomic E-state index is -3.78. The summed E-state index contributed by atoms with van der Waals surface area (Å²) in [6.45, 7) is 1.27. The quantitative estimate of drug-likeness (QED) is 0.790. The molecule has 0 aromatic carbocycles. The number of furan rings is 1. The second-order valence-electron chi connectivity index (χ2n) is 4.94. The van der Waals surface area contributed by atoms with E-state index in [1.165, 1.54) is 12.1 Å². The molecule has 0 bridgehead atoms. The van der Waals surface area contributed by atoms with Gasteiger partial charge in [-0.2, -0.15) is 0 Å². The number of sulfonamides is 1. The van der Waals surface area contributed by atoms with Gasteiger partial charge in [-0.3, -0.25) is 0 Å². The fourth-order valence-electron chi connectivity index (χ4n) is 2.08. The zero-order valence-corrected chi connectivity index (χ0v) is 13.2. The van der Waals surface area contributed by atoms with Crippen LogP contribution in [-0.2, 0) is 14.8 Å². The molecule has 1 aliphatic rings. The maximum atomic E-state index is 12.1. The van der Waals surface area contributed by atoms with Gasteiger partial charge in [0.15, 0.2) is 6.04 Å². The van der Waals surface area contributed by atoms with Gasteiger partial charge in [0.25, 0.3) is 0 Å². The number of hydrogen-bond donors (Lipinski definition) is 2. The summed E-state index contributed by atoms with van der Waals surface area (Å²) in [5, 5.41) is 11.3. The summed E-state index contributed by atoms with van der Waals surface area (Å²) in [6.07, 6.45) is 0.845. The number of carbonyl (C=O) groups excluding carboxylic acids is 2. The molecule has 1 aliphatic heterocycles. The van der Waals surface area contributed by atoms with Crippen molar-refractivity contribution in [1.29, 1.82) is 0 Å². The van der Waals surface area contributed by atoms with E-state index >= 15 is 0 Å². The number of carboxylic acids is 1. The van der Waals surface area contributed by atoms with Gasteiger partial charge in [0.05, 0.1) is 19.3 Å². The van der Waals surface area contributed by atoms with Gasteiger partial charge >= 0.3 is 18.0 Å². The molecule has 0 saturated carbocycles. The number of nitrogens with zero attached hydrogens (tertiary/aromatic N) is 2. The van der Waals surface area contributed by atoms with E-state index in [0.717, 1.165) is 6.26 Å². The summed E-state index contributed by atoms with van der Waals surface area (Å²) in [4.78, 5) is 35.9. The van der Waals surface area contributed by atoms with Crippen molar-refractivity contribution in [3.8, 4) is 0 Å². The van der Waals surface area contributed by atoms with Gasteiger partial charge in [0, 0.05) is 0 Å². The van der Waals surface area contributed by atoms with Crippen molar-refractivity contribution in [2.24, 2.45) is 0 Å². The van der Waals surface area contributed by atoms with E-state index in [1.54, 1.807) is 6.92 Å². The Labute approximate surface area is 131 Å². The highest BCUT2D eigenvalue weighted by atomic mass is 32.2. The van der Waals surface area contributed by atoms with Crippen molar-refractivity contribution in [2.45, 2.75) is 13.0 Å². The van der Waals surface area contributed by atoms with Crippen molar-refractivity contribution in [1.82, 2.24) is 14.5 Å². The van der Waals surface area contributed by atoms with Crippen molar-refractivity contribution < 1.29 is 32.3 Å². The second-order valence-corrected chi connectivity index (χ2v) is 6.85. The van der Waals surface area contributed by atoms with Crippen LogP contribution in [0.3, 0.4) is 0 Å². The maximum Gasteiger partial charge on any atom is 0.341 e. The summed E-state index contributed by atoms with van der Waals surface area (Å²) in [5.74, 6) is -0.921. The zero-order valence-electron chi connectivity index (χ0n) is 12.3. The number of urea groups is 2. The number of amides is 4. The normalized spacial score (nSPS) is 16.5. The largest absolute Gasteiger partial charge is 0.479 e. The Morgan fingerprint density at radius 1 is 1.35 bits per heavy atom. The van der Waals surface area contributed by atoms with E-state index in [4.69, 9.17) is 4.42 Å². The molecule has 11 heteroatoms.